The van der Waals surface area contributed by atoms with Crippen molar-refractivity contribution in [3.63, 3.8) is 0 Å². The number of ether oxygens (including phenoxy) is 2. The van der Waals surface area contributed by atoms with Crippen molar-refractivity contribution >= 4 is 10.8 Å². The molecule has 0 fully saturated rings. The molecule has 0 N–H and O–H groups in total. The Hall–Kier alpha value is -2.94. The highest BCUT2D eigenvalue weighted by atomic mass is 16.5. The third-order valence-electron chi connectivity index (χ3n) is 6.88. The van der Waals surface area contributed by atoms with Crippen LogP contribution >= 0.6 is 0 Å². The zero-order valence-corrected chi connectivity index (χ0v) is 17.4. The van der Waals surface area contributed by atoms with Gasteiger partial charge in [-0.2, -0.15) is 0 Å². The van der Waals surface area contributed by atoms with Gasteiger partial charge < -0.3 is 9.47 Å². The molecule has 2 aliphatic rings. The van der Waals surface area contributed by atoms with E-state index >= 15 is 0 Å². The number of rotatable bonds is 0. The van der Waals surface area contributed by atoms with Gasteiger partial charge in [0.15, 0.2) is 0 Å². The Kier molecular flexibility index (Phi) is 4.05. The largest absolute Gasteiger partial charge is 0.372 e. The second-order valence-corrected chi connectivity index (χ2v) is 8.42. The van der Waals surface area contributed by atoms with Crippen LogP contribution in [0.2, 0.25) is 0 Å². The van der Waals surface area contributed by atoms with E-state index in [1.54, 1.807) is 0 Å². The van der Waals surface area contributed by atoms with Crippen molar-refractivity contribution < 1.29 is 9.47 Å². The van der Waals surface area contributed by atoms with E-state index in [1.807, 2.05) is 0 Å². The van der Waals surface area contributed by atoms with Crippen LogP contribution in [0.3, 0.4) is 0 Å². The molecular weight excluding hydrogens is 368 g/mol. The lowest BCUT2D eigenvalue weighted by molar-refractivity contribution is 0.108. The Morgan fingerprint density at radius 1 is 0.567 bits per heavy atom. The molecule has 0 unspecified atom stereocenters. The van der Waals surface area contributed by atoms with Gasteiger partial charge in [0.05, 0.1) is 26.4 Å². The van der Waals surface area contributed by atoms with E-state index in [0.29, 0.717) is 26.4 Å². The lowest BCUT2D eigenvalue weighted by atomic mass is 9.79. The summed E-state index contributed by atoms with van der Waals surface area (Å²) in [5, 5.41) is 2.57. The molecule has 0 bridgehead atoms. The summed E-state index contributed by atoms with van der Waals surface area (Å²) in [5.41, 5.74) is 13.1. The van der Waals surface area contributed by atoms with Crippen LogP contribution < -0.4 is 0 Å². The summed E-state index contributed by atoms with van der Waals surface area (Å²) < 4.78 is 12.4. The molecule has 2 heteroatoms. The summed E-state index contributed by atoms with van der Waals surface area (Å²) in [6.07, 6.45) is 0. The van der Waals surface area contributed by atoms with Gasteiger partial charge in [0.1, 0.15) is 0 Å². The van der Waals surface area contributed by atoms with Crippen LogP contribution in [0.5, 0.6) is 0 Å². The smallest absolute Gasteiger partial charge is 0.0730 e. The van der Waals surface area contributed by atoms with Crippen LogP contribution in [0.4, 0.5) is 0 Å². The molecule has 0 atom stereocenters. The minimum atomic E-state index is 0.639. The van der Waals surface area contributed by atoms with Crippen molar-refractivity contribution in [1.82, 2.24) is 0 Å². The average Bonchev–Trinajstić information content (AvgIpc) is 3.09. The normalized spacial score (nSPS) is 14.9. The van der Waals surface area contributed by atoms with Crippen molar-refractivity contribution in [3.05, 3.63) is 94.0 Å². The SMILES string of the molecule is Cc1c(C)c2c(c3c1COCc1ccccc1-3)-c1c(ccc3ccccc13)COC2. The van der Waals surface area contributed by atoms with Crippen LogP contribution in [-0.4, -0.2) is 0 Å². The van der Waals surface area contributed by atoms with E-state index in [4.69, 9.17) is 9.47 Å². The number of fused-ring (bicyclic) bond motifs is 9. The van der Waals surface area contributed by atoms with Gasteiger partial charge in [-0.3, -0.25) is 0 Å². The first-order chi connectivity index (χ1) is 14.7. The van der Waals surface area contributed by atoms with Crippen molar-refractivity contribution in [2.75, 3.05) is 0 Å². The topological polar surface area (TPSA) is 18.5 Å². The molecule has 4 aromatic rings. The zero-order valence-electron chi connectivity index (χ0n) is 17.4. The summed E-state index contributed by atoms with van der Waals surface area (Å²) in [5.74, 6) is 0. The van der Waals surface area contributed by atoms with E-state index in [-0.39, 0.29) is 0 Å². The molecular formula is C28H24O2. The standard InChI is InChI=1S/C28H24O2/c1-17-18(2)25-16-30-14-21-12-11-19-7-3-5-9-22(19)26(21)28(25)27-23-10-6-4-8-20(23)13-29-15-24(17)27/h3-12H,13-16H2,1-2H3. The second-order valence-electron chi connectivity index (χ2n) is 8.42. The van der Waals surface area contributed by atoms with Crippen molar-refractivity contribution in [3.8, 4) is 22.3 Å². The molecule has 2 aliphatic heterocycles. The molecule has 6 rings (SSSR count). The van der Waals surface area contributed by atoms with E-state index in [1.165, 1.54) is 66.4 Å². The van der Waals surface area contributed by atoms with Gasteiger partial charge in [0.25, 0.3) is 0 Å². The first kappa shape index (κ1) is 17.9. The van der Waals surface area contributed by atoms with Crippen LogP contribution in [0.1, 0.15) is 33.4 Å². The van der Waals surface area contributed by atoms with Crippen molar-refractivity contribution in [1.29, 1.82) is 0 Å². The van der Waals surface area contributed by atoms with E-state index in [2.05, 4.69) is 74.5 Å². The minimum absolute atomic E-state index is 0.639. The molecule has 4 aromatic carbocycles. The predicted molar refractivity (Wildman–Crippen MR) is 121 cm³/mol. The highest BCUT2D eigenvalue weighted by Gasteiger charge is 2.28. The zero-order chi connectivity index (χ0) is 20.2. The van der Waals surface area contributed by atoms with Crippen LogP contribution in [0, 0.1) is 13.8 Å². The van der Waals surface area contributed by atoms with Crippen LogP contribution in [-0.2, 0) is 35.9 Å². The van der Waals surface area contributed by atoms with Gasteiger partial charge in [-0.15, -0.1) is 0 Å². The van der Waals surface area contributed by atoms with Gasteiger partial charge in [0, 0.05) is 0 Å². The fourth-order valence-electron chi connectivity index (χ4n) is 5.21. The molecule has 0 amide bonds. The number of hydrogen-bond acceptors (Lipinski definition) is 2. The summed E-state index contributed by atoms with van der Waals surface area (Å²) in [4.78, 5) is 0. The first-order valence-electron chi connectivity index (χ1n) is 10.6. The fraction of sp³-hybridized carbons (Fsp3) is 0.214. The van der Waals surface area contributed by atoms with E-state index in [0.717, 1.165) is 0 Å². The minimum Gasteiger partial charge on any atom is -0.372 e. The molecule has 0 aliphatic carbocycles. The quantitative estimate of drug-likeness (QED) is 0.326. The molecule has 148 valence electrons. The molecule has 0 aromatic heterocycles. The highest BCUT2D eigenvalue weighted by molar-refractivity contribution is 6.04. The summed E-state index contributed by atoms with van der Waals surface area (Å²) in [6.45, 7) is 7.05. The molecule has 0 saturated carbocycles. The van der Waals surface area contributed by atoms with Gasteiger partial charge in [-0.25, -0.2) is 0 Å². The van der Waals surface area contributed by atoms with Gasteiger partial charge >= 0.3 is 0 Å². The number of benzene rings is 4. The van der Waals surface area contributed by atoms with Crippen LogP contribution in [0.25, 0.3) is 33.0 Å². The fourth-order valence-corrected chi connectivity index (χ4v) is 5.21. The molecule has 2 heterocycles. The lowest BCUT2D eigenvalue weighted by Crippen LogP contribution is -2.05. The Labute approximate surface area is 177 Å². The maximum absolute atomic E-state index is 6.21. The van der Waals surface area contributed by atoms with Crippen molar-refractivity contribution in [2.45, 2.75) is 40.3 Å². The molecule has 30 heavy (non-hydrogen) atoms. The summed E-state index contributed by atoms with van der Waals surface area (Å²) >= 11 is 0. The Balaban J connectivity index is 1.84. The maximum Gasteiger partial charge on any atom is 0.0730 e. The Morgan fingerprint density at radius 3 is 2.07 bits per heavy atom. The molecule has 0 radical (unpaired) electrons. The summed E-state index contributed by atoms with van der Waals surface area (Å²) in [7, 11) is 0. The monoisotopic (exact) mass is 392 g/mol. The molecule has 0 saturated heterocycles. The maximum atomic E-state index is 6.21. The first-order valence-corrected chi connectivity index (χ1v) is 10.6. The number of hydrogen-bond donors (Lipinski definition) is 0. The van der Waals surface area contributed by atoms with Crippen LogP contribution in [0.15, 0.2) is 60.7 Å². The van der Waals surface area contributed by atoms with E-state index in [9.17, 15) is 0 Å². The Morgan fingerprint density at radius 2 is 1.23 bits per heavy atom. The predicted octanol–water partition coefficient (Wildman–Crippen LogP) is 6.85. The Bertz CT molecular complexity index is 1320. The second kappa shape index (κ2) is 6.80. The van der Waals surface area contributed by atoms with Gasteiger partial charge in [-0.1, -0.05) is 60.7 Å². The average molecular weight is 392 g/mol. The van der Waals surface area contributed by atoms with Crippen molar-refractivity contribution in [2.24, 2.45) is 0 Å². The third kappa shape index (κ3) is 2.51. The molecule has 0 spiro atoms. The third-order valence-corrected chi connectivity index (χ3v) is 6.88. The van der Waals surface area contributed by atoms with E-state index < -0.39 is 0 Å². The highest BCUT2D eigenvalue weighted by Crippen LogP contribution is 2.48. The van der Waals surface area contributed by atoms with Gasteiger partial charge in [-0.05, 0) is 80.3 Å². The molecule has 2 nitrogen and oxygen atoms in total. The summed E-state index contributed by atoms with van der Waals surface area (Å²) in [6, 6.07) is 21.9. The lowest BCUT2D eigenvalue weighted by Gasteiger charge is -2.24. The van der Waals surface area contributed by atoms with Gasteiger partial charge in [0.2, 0.25) is 0 Å².